The van der Waals surface area contributed by atoms with Gasteiger partial charge in [-0.15, -0.1) is 0 Å². The van der Waals surface area contributed by atoms with E-state index in [9.17, 15) is 28.8 Å². The second-order valence-corrected chi connectivity index (χ2v) is 7.48. The highest BCUT2D eigenvalue weighted by atomic mass is 32.2. The Labute approximate surface area is 154 Å². The summed E-state index contributed by atoms with van der Waals surface area (Å²) in [6.45, 7) is 1.72. The van der Waals surface area contributed by atoms with Gasteiger partial charge in [-0.2, -0.15) is 10.5 Å². The van der Waals surface area contributed by atoms with Crippen molar-refractivity contribution in [3.63, 3.8) is 0 Å². The lowest BCUT2D eigenvalue weighted by molar-refractivity contribution is -0.991. The Bertz CT molecular complexity index is 911. The Morgan fingerprint density at radius 1 is 1.07 bits per heavy atom. The van der Waals surface area contributed by atoms with E-state index in [-0.39, 0.29) is 34.0 Å². The van der Waals surface area contributed by atoms with Crippen molar-refractivity contribution in [3.05, 3.63) is 64.0 Å². The van der Waals surface area contributed by atoms with E-state index in [2.05, 4.69) is 0 Å². The predicted molar refractivity (Wildman–Crippen MR) is 91.3 cm³/mol. The molecule has 10 nitrogen and oxygen atoms in total. The monoisotopic (exact) mass is 398 g/mol. The molecule has 0 heterocycles. The van der Waals surface area contributed by atoms with E-state index in [0.717, 1.165) is 30.3 Å². The van der Waals surface area contributed by atoms with Gasteiger partial charge in [0, 0.05) is 23.8 Å². The molecule has 2 rings (SSSR count). The molecule has 2 atom stereocenters. The number of nitrogens with one attached hydrogen (secondary N) is 2. The summed E-state index contributed by atoms with van der Waals surface area (Å²) in [5.41, 5.74) is -0.399. The number of sulfone groups is 1. The predicted octanol–water partition coefficient (Wildman–Crippen LogP) is -0.356. The van der Waals surface area contributed by atoms with Gasteiger partial charge in [-0.1, -0.05) is 6.07 Å². The number of ether oxygens (including phenoxy) is 1. The van der Waals surface area contributed by atoms with Crippen LogP contribution in [0.3, 0.4) is 0 Å². The number of carbonyl (C=O) groups excluding carboxylic acids is 1. The maximum Gasteiger partial charge on any atom is 0.338 e. The minimum atomic E-state index is -3.93. The van der Waals surface area contributed by atoms with Gasteiger partial charge in [-0.3, -0.25) is 0 Å². The van der Waals surface area contributed by atoms with Crippen LogP contribution in [0.5, 0.6) is 0 Å². The molecule has 2 aromatic rings. The molecule has 4 N–H and O–H groups in total. The third kappa shape index (κ3) is 5.08. The maximum absolute atomic E-state index is 12.5. The molecule has 146 valence electrons. The average molecular weight is 398 g/mol. The summed E-state index contributed by atoms with van der Waals surface area (Å²) in [7, 11) is -3.93. The van der Waals surface area contributed by atoms with Crippen LogP contribution in [-0.2, 0) is 20.3 Å². The van der Waals surface area contributed by atoms with Crippen LogP contribution >= 0.6 is 0 Å². The normalized spacial score (nSPS) is 13.8. The molecule has 0 aliphatic rings. The van der Waals surface area contributed by atoms with Gasteiger partial charge in [-0.05, 0) is 25.1 Å². The van der Waals surface area contributed by atoms with Gasteiger partial charge in [0.2, 0.25) is 0 Å². The Morgan fingerprint density at radius 3 is 2.22 bits per heavy atom. The van der Waals surface area contributed by atoms with Gasteiger partial charge >= 0.3 is 5.97 Å². The SMILES string of the molecule is CCOC(=O)c1ccc(CS(=O)(=O)c2ccc([NH+]([O-])O)cc2)c([NH+]([O-])O)c1. The van der Waals surface area contributed by atoms with Crippen molar-refractivity contribution in [1.82, 2.24) is 0 Å². The zero-order valence-corrected chi connectivity index (χ0v) is 15.0. The van der Waals surface area contributed by atoms with E-state index in [0.29, 0.717) is 0 Å². The first-order valence-electron chi connectivity index (χ1n) is 7.75. The highest BCUT2D eigenvalue weighted by molar-refractivity contribution is 7.90. The van der Waals surface area contributed by atoms with Gasteiger partial charge in [0.15, 0.2) is 21.2 Å². The molecule has 0 aliphatic carbocycles. The number of hydrogen-bond acceptors (Lipinski definition) is 8. The summed E-state index contributed by atoms with van der Waals surface area (Å²) in [6.07, 6.45) is 0. The molecule has 2 aromatic carbocycles. The van der Waals surface area contributed by atoms with Gasteiger partial charge < -0.3 is 15.2 Å². The molecule has 11 heteroatoms. The van der Waals surface area contributed by atoms with Crippen molar-refractivity contribution in [1.29, 1.82) is 0 Å². The van der Waals surface area contributed by atoms with Gasteiger partial charge in [0.05, 0.1) is 22.8 Å². The first-order chi connectivity index (χ1) is 12.7. The minimum absolute atomic E-state index is 0.00112. The molecular weight excluding hydrogens is 380 g/mol. The van der Waals surface area contributed by atoms with Crippen LogP contribution in [-0.4, -0.2) is 31.4 Å². The van der Waals surface area contributed by atoms with Crippen LogP contribution in [0, 0.1) is 10.4 Å². The van der Waals surface area contributed by atoms with Crippen LogP contribution in [0.25, 0.3) is 0 Å². The van der Waals surface area contributed by atoms with Crippen molar-refractivity contribution >= 4 is 27.2 Å². The van der Waals surface area contributed by atoms with Gasteiger partial charge in [-0.25, -0.2) is 23.6 Å². The van der Waals surface area contributed by atoms with Crippen molar-refractivity contribution < 1.29 is 38.8 Å². The number of esters is 1. The first kappa shape index (κ1) is 20.9. The van der Waals surface area contributed by atoms with Crippen molar-refractivity contribution in [2.45, 2.75) is 17.6 Å². The lowest BCUT2D eigenvalue weighted by Gasteiger charge is -2.17. The van der Waals surface area contributed by atoms with Crippen molar-refractivity contribution in [2.75, 3.05) is 6.61 Å². The molecule has 27 heavy (non-hydrogen) atoms. The zero-order chi connectivity index (χ0) is 20.2. The Kier molecular flexibility index (Phi) is 6.62. The fraction of sp³-hybridized carbons (Fsp3) is 0.188. The quantitative estimate of drug-likeness (QED) is 0.364. The average Bonchev–Trinajstić information content (AvgIpc) is 2.61. The van der Waals surface area contributed by atoms with Crippen LogP contribution in [0.4, 0.5) is 11.4 Å². The number of benzene rings is 2. The molecule has 0 fully saturated rings. The second kappa shape index (κ2) is 8.54. The summed E-state index contributed by atoms with van der Waals surface area (Å²) in [5, 5.41) is 38.0. The van der Waals surface area contributed by atoms with E-state index >= 15 is 0 Å². The zero-order valence-electron chi connectivity index (χ0n) is 14.2. The molecule has 0 aromatic heterocycles. The third-order valence-electron chi connectivity index (χ3n) is 3.66. The summed E-state index contributed by atoms with van der Waals surface area (Å²) in [5.74, 6) is -1.33. The van der Waals surface area contributed by atoms with E-state index in [1.807, 2.05) is 0 Å². The number of quaternary nitrogens is 2. The summed E-state index contributed by atoms with van der Waals surface area (Å²) in [6, 6.07) is 8.20. The molecule has 0 radical (unpaired) electrons. The van der Waals surface area contributed by atoms with Gasteiger partial charge in [0.1, 0.15) is 0 Å². The molecule has 0 bridgehead atoms. The standard InChI is InChI=1S/C16H18N2O8S/c1-2-26-16(19)11-3-4-12(15(9-11)18(22)23)10-27(24,25)14-7-5-13(6-8-14)17(20)21/h3-9,17-18,20,22H,2,10H2,1H3. The first-order valence-corrected chi connectivity index (χ1v) is 9.40. The number of rotatable bonds is 7. The smallest absolute Gasteiger partial charge is 0.338 e. The highest BCUT2D eigenvalue weighted by Gasteiger charge is 2.22. The lowest BCUT2D eigenvalue weighted by Crippen LogP contribution is -2.99. The Balaban J connectivity index is 2.35. The summed E-state index contributed by atoms with van der Waals surface area (Å²) >= 11 is 0. The molecule has 2 unspecified atom stereocenters. The molecular formula is C16H18N2O8S. The molecule has 0 aliphatic heterocycles. The summed E-state index contributed by atoms with van der Waals surface area (Å²) in [4.78, 5) is 11.6. The number of carbonyl (C=O) groups is 1. The number of hydrogen-bond donors (Lipinski definition) is 4. The topological polar surface area (TPSA) is 156 Å². The van der Waals surface area contributed by atoms with Crippen LogP contribution in [0.15, 0.2) is 47.4 Å². The fourth-order valence-corrected chi connectivity index (χ4v) is 3.71. The van der Waals surface area contributed by atoms with Crippen molar-refractivity contribution in [3.8, 4) is 0 Å². The Morgan fingerprint density at radius 2 is 1.70 bits per heavy atom. The van der Waals surface area contributed by atoms with Crippen LogP contribution in [0.1, 0.15) is 22.8 Å². The largest absolute Gasteiger partial charge is 0.595 e. The van der Waals surface area contributed by atoms with Crippen LogP contribution < -0.4 is 10.5 Å². The second-order valence-electron chi connectivity index (χ2n) is 5.49. The van der Waals surface area contributed by atoms with E-state index < -0.39 is 32.0 Å². The maximum atomic E-state index is 12.5. The van der Waals surface area contributed by atoms with Crippen LogP contribution in [0.2, 0.25) is 0 Å². The molecule has 0 spiro atoms. The molecule has 0 amide bonds. The fourth-order valence-electron chi connectivity index (χ4n) is 2.34. The van der Waals surface area contributed by atoms with E-state index in [1.165, 1.54) is 12.1 Å². The van der Waals surface area contributed by atoms with E-state index in [1.54, 1.807) is 6.92 Å². The third-order valence-corrected chi connectivity index (χ3v) is 5.34. The van der Waals surface area contributed by atoms with Crippen molar-refractivity contribution in [2.24, 2.45) is 0 Å². The lowest BCUT2D eigenvalue weighted by atomic mass is 10.1. The Hall–Kier alpha value is -2.38. The minimum Gasteiger partial charge on any atom is -0.595 e. The summed E-state index contributed by atoms with van der Waals surface area (Å²) < 4.78 is 29.9. The van der Waals surface area contributed by atoms with E-state index in [4.69, 9.17) is 9.94 Å². The molecule has 0 saturated carbocycles. The molecule has 0 saturated heterocycles. The highest BCUT2D eigenvalue weighted by Crippen LogP contribution is 2.22. The van der Waals surface area contributed by atoms with Gasteiger partial charge in [0.25, 0.3) is 0 Å².